The van der Waals surface area contributed by atoms with Crippen molar-refractivity contribution in [3.8, 4) is 5.75 Å². The van der Waals surface area contributed by atoms with Gasteiger partial charge >= 0.3 is 0 Å². The van der Waals surface area contributed by atoms with E-state index in [0.717, 1.165) is 16.3 Å². The fraction of sp³-hybridized carbons (Fsp3) is 0.320. The Hall–Kier alpha value is -2.97. The molecule has 2 fully saturated rings. The summed E-state index contributed by atoms with van der Waals surface area (Å²) in [5, 5.41) is 15.9. The monoisotopic (exact) mass is 435 g/mol. The Bertz CT molecular complexity index is 1080. The summed E-state index contributed by atoms with van der Waals surface area (Å²) in [7, 11) is 0. The smallest absolute Gasteiger partial charge is 0.223 e. The zero-order chi connectivity index (χ0) is 22.1. The molecule has 2 N–H and O–H groups in total. The number of hydrogen-bond acceptors (Lipinski definition) is 6. The van der Waals surface area contributed by atoms with Gasteiger partial charge in [-0.15, -0.1) is 0 Å². The van der Waals surface area contributed by atoms with Gasteiger partial charge < -0.3 is 29.4 Å². The number of aliphatic hydroxyl groups excluding tert-OH is 1. The molecule has 7 nitrogen and oxygen atoms in total. The molecule has 6 atom stereocenters. The molecule has 2 aliphatic rings. The van der Waals surface area contributed by atoms with Crippen LogP contribution in [0.5, 0.6) is 5.75 Å². The van der Waals surface area contributed by atoms with Crippen LogP contribution in [0, 0.1) is 0 Å². The molecule has 0 spiro atoms. The maximum absolute atomic E-state index is 11.9. The predicted octanol–water partition coefficient (Wildman–Crippen LogP) is 2.92. The number of amides is 1. The Labute approximate surface area is 185 Å². The molecule has 2 aliphatic heterocycles. The number of aliphatic hydroxyl groups is 1. The van der Waals surface area contributed by atoms with Crippen molar-refractivity contribution in [1.82, 2.24) is 5.32 Å². The third kappa shape index (κ3) is 4.08. The van der Waals surface area contributed by atoms with Gasteiger partial charge in [-0.2, -0.15) is 0 Å². The second-order valence-corrected chi connectivity index (χ2v) is 8.03. The van der Waals surface area contributed by atoms with E-state index in [4.69, 9.17) is 18.9 Å². The van der Waals surface area contributed by atoms with Crippen LogP contribution in [0.1, 0.15) is 18.8 Å². The van der Waals surface area contributed by atoms with Crippen molar-refractivity contribution in [3.05, 3.63) is 78.4 Å². The molecule has 7 heteroatoms. The number of carbonyl (C=O) groups is 1. The minimum atomic E-state index is -1.05. The highest BCUT2D eigenvalue weighted by Gasteiger charge is 2.50. The molecule has 0 aromatic heterocycles. The summed E-state index contributed by atoms with van der Waals surface area (Å²) in [6.07, 6.45) is -3.81. The maximum Gasteiger partial charge on any atom is 0.223 e. The quantitative estimate of drug-likeness (QED) is 0.656. The molecule has 166 valence electrons. The first-order valence-electron chi connectivity index (χ1n) is 10.7. The van der Waals surface area contributed by atoms with E-state index in [2.05, 4.69) is 5.32 Å². The van der Waals surface area contributed by atoms with E-state index < -0.39 is 36.9 Å². The van der Waals surface area contributed by atoms with Gasteiger partial charge in [-0.25, -0.2) is 0 Å². The zero-order valence-corrected chi connectivity index (χ0v) is 17.6. The molecule has 5 rings (SSSR count). The lowest BCUT2D eigenvalue weighted by molar-refractivity contribution is -0.333. The van der Waals surface area contributed by atoms with Crippen LogP contribution < -0.4 is 10.1 Å². The number of ether oxygens (including phenoxy) is 4. The molecule has 0 bridgehead atoms. The van der Waals surface area contributed by atoms with Gasteiger partial charge in [-0.1, -0.05) is 66.7 Å². The fourth-order valence-corrected chi connectivity index (χ4v) is 4.28. The molecular formula is C25H25NO6. The fourth-order valence-electron chi connectivity index (χ4n) is 4.28. The van der Waals surface area contributed by atoms with Gasteiger partial charge in [0.15, 0.2) is 6.29 Å². The van der Waals surface area contributed by atoms with Gasteiger partial charge in [0.2, 0.25) is 12.2 Å². The van der Waals surface area contributed by atoms with Gasteiger partial charge in [0, 0.05) is 17.9 Å². The topological polar surface area (TPSA) is 86.3 Å². The van der Waals surface area contributed by atoms with E-state index >= 15 is 0 Å². The van der Waals surface area contributed by atoms with Crippen molar-refractivity contribution in [3.63, 3.8) is 0 Å². The van der Waals surface area contributed by atoms with E-state index in [1.54, 1.807) is 0 Å². The van der Waals surface area contributed by atoms with Gasteiger partial charge in [-0.3, -0.25) is 4.79 Å². The number of fused-ring (bicyclic) bond motifs is 2. The Balaban J connectivity index is 1.40. The number of rotatable bonds is 4. The number of benzene rings is 3. The SMILES string of the molecule is CC(=O)N[C@H]1[C@H](Oc2cccc3ccccc23)O[C@@H]2CO[C@@H](c3ccccc3)O[C@H]2[C@@H]1O. The van der Waals surface area contributed by atoms with Gasteiger partial charge in [0.25, 0.3) is 0 Å². The lowest BCUT2D eigenvalue weighted by Crippen LogP contribution is -2.67. The minimum Gasteiger partial charge on any atom is -0.462 e. The van der Waals surface area contributed by atoms with Crippen LogP contribution in [0.4, 0.5) is 0 Å². The predicted molar refractivity (Wildman–Crippen MR) is 117 cm³/mol. The van der Waals surface area contributed by atoms with Crippen molar-refractivity contribution < 1.29 is 28.8 Å². The highest BCUT2D eigenvalue weighted by Crippen LogP contribution is 2.36. The Morgan fingerprint density at radius 1 is 1.00 bits per heavy atom. The number of carbonyl (C=O) groups excluding carboxylic acids is 1. The van der Waals surface area contributed by atoms with Crippen LogP contribution in [-0.4, -0.2) is 48.3 Å². The second kappa shape index (κ2) is 8.88. The summed E-state index contributed by atoms with van der Waals surface area (Å²) in [5.41, 5.74) is 0.850. The highest BCUT2D eigenvalue weighted by molar-refractivity contribution is 5.88. The van der Waals surface area contributed by atoms with E-state index in [-0.39, 0.29) is 12.5 Å². The minimum absolute atomic E-state index is 0.226. The van der Waals surface area contributed by atoms with Crippen molar-refractivity contribution in [1.29, 1.82) is 0 Å². The van der Waals surface area contributed by atoms with E-state index in [0.29, 0.717) is 5.75 Å². The molecule has 0 unspecified atom stereocenters. The van der Waals surface area contributed by atoms with Gasteiger partial charge in [-0.05, 0) is 11.5 Å². The first-order chi connectivity index (χ1) is 15.6. The van der Waals surface area contributed by atoms with Crippen LogP contribution in [-0.2, 0) is 19.0 Å². The zero-order valence-electron chi connectivity index (χ0n) is 17.6. The summed E-state index contributed by atoms with van der Waals surface area (Å²) < 4.78 is 24.3. The third-order valence-corrected chi connectivity index (χ3v) is 5.80. The molecule has 2 heterocycles. The van der Waals surface area contributed by atoms with Crippen LogP contribution >= 0.6 is 0 Å². The molecule has 3 aromatic carbocycles. The average molecular weight is 435 g/mol. The van der Waals surface area contributed by atoms with E-state index in [1.807, 2.05) is 72.8 Å². The summed E-state index contributed by atoms with van der Waals surface area (Å²) in [5.74, 6) is 0.309. The van der Waals surface area contributed by atoms with Crippen LogP contribution in [0.25, 0.3) is 10.8 Å². The van der Waals surface area contributed by atoms with Crippen LogP contribution in [0.15, 0.2) is 72.8 Å². The molecule has 0 radical (unpaired) electrons. The lowest BCUT2D eigenvalue weighted by Gasteiger charge is -2.47. The summed E-state index contributed by atoms with van der Waals surface area (Å²) in [6.45, 7) is 1.62. The Morgan fingerprint density at radius 3 is 2.56 bits per heavy atom. The average Bonchev–Trinajstić information content (AvgIpc) is 2.82. The van der Waals surface area contributed by atoms with E-state index in [9.17, 15) is 9.90 Å². The first-order valence-corrected chi connectivity index (χ1v) is 10.7. The number of hydrogen-bond donors (Lipinski definition) is 2. The lowest BCUT2D eigenvalue weighted by atomic mass is 9.95. The molecule has 1 amide bonds. The second-order valence-electron chi connectivity index (χ2n) is 8.03. The summed E-state index contributed by atoms with van der Waals surface area (Å²) >= 11 is 0. The van der Waals surface area contributed by atoms with Crippen molar-refractivity contribution in [2.45, 2.75) is 43.9 Å². The van der Waals surface area contributed by atoms with Crippen LogP contribution in [0.2, 0.25) is 0 Å². The first kappa shape index (κ1) is 20.9. The maximum atomic E-state index is 11.9. The molecule has 3 aromatic rings. The normalized spacial score (nSPS) is 29.8. The van der Waals surface area contributed by atoms with Crippen LogP contribution in [0.3, 0.4) is 0 Å². The van der Waals surface area contributed by atoms with Crippen molar-refractivity contribution in [2.24, 2.45) is 0 Å². The third-order valence-electron chi connectivity index (χ3n) is 5.80. The Kier molecular flexibility index (Phi) is 5.80. The highest BCUT2D eigenvalue weighted by atomic mass is 16.7. The van der Waals surface area contributed by atoms with Crippen molar-refractivity contribution >= 4 is 16.7 Å². The van der Waals surface area contributed by atoms with Gasteiger partial charge in [0.05, 0.1) is 6.61 Å². The molecule has 2 saturated heterocycles. The largest absolute Gasteiger partial charge is 0.462 e. The molecular weight excluding hydrogens is 410 g/mol. The number of nitrogens with one attached hydrogen (secondary N) is 1. The van der Waals surface area contributed by atoms with Crippen molar-refractivity contribution in [2.75, 3.05) is 6.61 Å². The summed E-state index contributed by atoms with van der Waals surface area (Å²) in [4.78, 5) is 11.9. The molecule has 32 heavy (non-hydrogen) atoms. The Morgan fingerprint density at radius 2 is 1.75 bits per heavy atom. The summed E-state index contributed by atoms with van der Waals surface area (Å²) in [6, 6.07) is 22.3. The molecule has 0 aliphatic carbocycles. The standard InChI is InChI=1S/C25H25NO6/c1-15(27)26-21-22(28)23-20(14-29-24(32-23)17-9-3-2-4-10-17)31-25(21)30-19-13-7-11-16-8-5-6-12-18(16)19/h2-13,20-25,28H,14H2,1H3,(H,26,27)/t20-,21-,22-,23-,24-,25-/m1/s1. The van der Waals surface area contributed by atoms with E-state index in [1.165, 1.54) is 6.92 Å². The van der Waals surface area contributed by atoms with Gasteiger partial charge in [0.1, 0.15) is 30.1 Å². The molecule has 0 saturated carbocycles.